The molecule has 0 aliphatic heterocycles. The number of hydrogen-bond donors (Lipinski definition) is 1. The SMILES string of the molecule is NOS(=O)(=O)c1ccc(Br)cc1. The van der Waals surface area contributed by atoms with Crippen molar-refractivity contribution < 1.29 is 12.7 Å². The summed E-state index contributed by atoms with van der Waals surface area (Å²) in [6.45, 7) is 0. The fraction of sp³-hybridized carbons (Fsp3) is 0. The van der Waals surface area contributed by atoms with E-state index in [4.69, 9.17) is 0 Å². The standard InChI is InChI=1S/C6H6BrNO3S/c7-5-1-3-6(4-2-5)12(9,10)11-8/h1-4H,8H2. The first kappa shape index (κ1) is 9.66. The Hall–Kier alpha value is -0.430. The van der Waals surface area contributed by atoms with Crippen molar-refractivity contribution >= 4 is 26.0 Å². The summed E-state index contributed by atoms with van der Waals surface area (Å²) in [5.41, 5.74) is 0. The Morgan fingerprint density at radius 3 is 2.17 bits per heavy atom. The highest BCUT2D eigenvalue weighted by Crippen LogP contribution is 2.15. The molecule has 0 saturated heterocycles. The lowest BCUT2D eigenvalue weighted by Crippen LogP contribution is -2.10. The molecule has 0 bridgehead atoms. The molecule has 0 heterocycles. The second-order valence-corrected chi connectivity index (χ2v) is 4.49. The third-order valence-corrected chi connectivity index (χ3v) is 2.86. The zero-order chi connectivity index (χ0) is 9.19. The molecular formula is C6H6BrNO3S. The quantitative estimate of drug-likeness (QED) is 0.798. The molecule has 0 aliphatic carbocycles. The van der Waals surface area contributed by atoms with Crippen molar-refractivity contribution in [2.24, 2.45) is 5.90 Å². The molecule has 1 rings (SSSR count). The third-order valence-electron chi connectivity index (χ3n) is 1.23. The van der Waals surface area contributed by atoms with Crippen LogP contribution in [0.3, 0.4) is 0 Å². The van der Waals surface area contributed by atoms with Gasteiger partial charge in [0.05, 0.1) is 4.90 Å². The maximum absolute atomic E-state index is 10.9. The summed E-state index contributed by atoms with van der Waals surface area (Å²) in [4.78, 5) is 0.0354. The molecule has 1 aromatic carbocycles. The van der Waals surface area contributed by atoms with Gasteiger partial charge in [0.2, 0.25) is 0 Å². The van der Waals surface area contributed by atoms with Crippen LogP contribution in [0.15, 0.2) is 33.6 Å². The minimum Gasteiger partial charge on any atom is -0.197 e. The summed E-state index contributed by atoms with van der Waals surface area (Å²) in [6.07, 6.45) is 0. The van der Waals surface area contributed by atoms with Crippen LogP contribution in [0.1, 0.15) is 0 Å². The van der Waals surface area contributed by atoms with E-state index in [0.717, 1.165) is 4.47 Å². The minimum atomic E-state index is -3.76. The van der Waals surface area contributed by atoms with Crippen LogP contribution < -0.4 is 5.90 Å². The Morgan fingerprint density at radius 2 is 1.75 bits per heavy atom. The molecule has 6 heteroatoms. The third kappa shape index (κ3) is 2.04. The van der Waals surface area contributed by atoms with Gasteiger partial charge in [-0.15, -0.1) is 0 Å². The molecule has 0 atom stereocenters. The number of benzene rings is 1. The largest absolute Gasteiger partial charge is 0.312 e. The lowest BCUT2D eigenvalue weighted by atomic mass is 10.4. The first-order valence-corrected chi connectivity index (χ1v) is 5.15. The zero-order valence-corrected chi connectivity index (χ0v) is 8.30. The number of nitrogens with two attached hydrogens (primary N) is 1. The normalized spacial score (nSPS) is 11.5. The van der Waals surface area contributed by atoms with Gasteiger partial charge in [-0.2, -0.15) is 18.6 Å². The van der Waals surface area contributed by atoms with E-state index >= 15 is 0 Å². The van der Waals surface area contributed by atoms with Crippen molar-refractivity contribution in [1.29, 1.82) is 0 Å². The van der Waals surface area contributed by atoms with Gasteiger partial charge in [0, 0.05) is 4.47 Å². The predicted octanol–water partition coefficient (Wildman–Crippen LogP) is 1.03. The Kier molecular flexibility index (Phi) is 2.84. The van der Waals surface area contributed by atoms with Crippen LogP contribution in [0.4, 0.5) is 0 Å². The van der Waals surface area contributed by atoms with Gasteiger partial charge in [0.25, 0.3) is 0 Å². The molecule has 0 radical (unpaired) electrons. The maximum atomic E-state index is 10.9. The van der Waals surface area contributed by atoms with Crippen LogP contribution in [0, 0.1) is 0 Å². The van der Waals surface area contributed by atoms with Crippen molar-refractivity contribution in [3.63, 3.8) is 0 Å². The van der Waals surface area contributed by atoms with Gasteiger partial charge in [0.15, 0.2) is 0 Å². The summed E-state index contributed by atoms with van der Waals surface area (Å²) in [7, 11) is -3.76. The molecule has 4 nitrogen and oxygen atoms in total. The van der Waals surface area contributed by atoms with Crippen molar-refractivity contribution in [2.75, 3.05) is 0 Å². The summed E-state index contributed by atoms with van der Waals surface area (Å²) in [6, 6.07) is 5.97. The van der Waals surface area contributed by atoms with Crippen molar-refractivity contribution in [1.82, 2.24) is 0 Å². The van der Waals surface area contributed by atoms with E-state index in [-0.39, 0.29) is 4.90 Å². The van der Waals surface area contributed by atoms with E-state index in [1.165, 1.54) is 12.1 Å². The highest BCUT2D eigenvalue weighted by Gasteiger charge is 2.12. The molecular weight excluding hydrogens is 246 g/mol. The lowest BCUT2D eigenvalue weighted by Gasteiger charge is -1.99. The fourth-order valence-electron chi connectivity index (χ4n) is 0.657. The molecule has 0 saturated carbocycles. The van der Waals surface area contributed by atoms with Crippen molar-refractivity contribution in [3.8, 4) is 0 Å². The van der Waals surface area contributed by atoms with Gasteiger partial charge in [0.1, 0.15) is 0 Å². The summed E-state index contributed by atoms with van der Waals surface area (Å²) in [5.74, 6) is 4.58. The second kappa shape index (κ2) is 3.53. The lowest BCUT2D eigenvalue weighted by molar-refractivity contribution is 0.333. The number of hydrogen-bond acceptors (Lipinski definition) is 4. The van der Waals surface area contributed by atoms with Gasteiger partial charge < -0.3 is 0 Å². The Balaban J connectivity index is 3.14. The van der Waals surface area contributed by atoms with Crippen LogP contribution in [-0.2, 0) is 14.4 Å². The first-order chi connectivity index (χ1) is 5.56. The number of halogens is 1. The second-order valence-electron chi connectivity index (χ2n) is 2.00. The van der Waals surface area contributed by atoms with E-state index in [1.54, 1.807) is 12.1 Å². The highest BCUT2D eigenvalue weighted by molar-refractivity contribution is 9.10. The van der Waals surface area contributed by atoms with Crippen molar-refractivity contribution in [2.45, 2.75) is 4.90 Å². The van der Waals surface area contributed by atoms with E-state index in [0.29, 0.717) is 0 Å². The predicted molar refractivity (Wildman–Crippen MR) is 46.6 cm³/mol. The monoisotopic (exact) mass is 251 g/mol. The topological polar surface area (TPSA) is 69.4 Å². The summed E-state index contributed by atoms with van der Waals surface area (Å²) >= 11 is 3.17. The van der Waals surface area contributed by atoms with E-state index in [2.05, 4.69) is 26.1 Å². The van der Waals surface area contributed by atoms with Crippen LogP contribution in [0.25, 0.3) is 0 Å². The molecule has 0 unspecified atom stereocenters. The molecule has 12 heavy (non-hydrogen) atoms. The molecule has 0 spiro atoms. The summed E-state index contributed by atoms with van der Waals surface area (Å²) in [5, 5.41) is 0. The van der Waals surface area contributed by atoms with Crippen LogP contribution >= 0.6 is 15.9 Å². The van der Waals surface area contributed by atoms with Crippen LogP contribution in [0.2, 0.25) is 0 Å². The maximum Gasteiger partial charge on any atom is 0.312 e. The van der Waals surface area contributed by atoms with Gasteiger partial charge in [-0.3, -0.25) is 0 Å². The van der Waals surface area contributed by atoms with Crippen molar-refractivity contribution in [3.05, 3.63) is 28.7 Å². The number of rotatable bonds is 2. The van der Waals surface area contributed by atoms with Crippen LogP contribution in [0.5, 0.6) is 0 Å². The average molecular weight is 252 g/mol. The molecule has 2 N–H and O–H groups in total. The molecule has 0 amide bonds. The summed E-state index contributed by atoms with van der Waals surface area (Å²) < 4.78 is 26.5. The highest BCUT2D eigenvalue weighted by atomic mass is 79.9. The van der Waals surface area contributed by atoms with E-state index in [9.17, 15) is 8.42 Å². The minimum absolute atomic E-state index is 0.0354. The van der Waals surface area contributed by atoms with Gasteiger partial charge in [-0.25, -0.2) is 0 Å². The Morgan fingerprint density at radius 1 is 1.25 bits per heavy atom. The van der Waals surface area contributed by atoms with Crippen LogP contribution in [-0.4, -0.2) is 8.42 Å². The molecule has 1 aromatic rings. The first-order valence-electron chi connectivity index (χ1n) is 2.95. The van der Waals surface area contributed by atoms with Gasteiger partial charge in [-0.05, 0) is 24.3 Å². The van der Waals surface area contributed by atoms with Gasteiger partial charge in [-0.1, -0.05) is 15.9 Å². The Labute approximate surface area is 78.5 Å². The molecule has 0 fully saturated rings. The van der Waals surface area contributed by atoms with E-state index in [1.807, 2.05) is 0 Å². The van der Waals surface area contributed by atoms with Gasteiger partial charge >= 0.3 is 10.1 Å². The average Bonchev–Trinajstić information content (AvgIpc) is 2.05. The Bertz CT molecular complexity index is 359. The molecule has 0 aliphatic rings. The molecule has 0 aromatic heterocycles. The smallest absolute Gasteiger partial charge is 0.197 e. The fourth-order valence-corrected chi connectivity index (χ4v) is 1.50. The van der Waals surface area contributed by atoms with E-state index < -0.39 is 10.1 Å². The molecule has 66 valence electrons. The zero-order valence-electron chi connectivity index (χ0n) is 5.90.